The van der Waals surface area contributed by atoms with Crippen LogP contribution in [0.1, 0.15) is 72.6 Å². The molecule has 0 spiro atoms. The van der Waals surface area contributed by atoms with Gasteiger partial charge in [-0.15, -0.1) is 6.58 Å². The number of alkyl carbamates (subject to hydrolysis) is 1. The van der Waals surface area contributed by atoms with Gasteiger partial charge in [-0.25, -0.2) is 14.6 Å². The molecule has 1 aromatic carbocycles. The Morgan fingerprint density at radius 2 is 1.93 bits per heavy atom. The second kappa shape index (κ2) is 14.9. The van der Waals surface area contributed by atoms with Gasteiger partial charge in [0.1, 0.15) is 18.3 Å². The number of carbonyl (C=O) groups excluding carboxylic acids is 3. The van der Waals surface area contributed by atoms with Crippen LogP contribution in [0.15, 0.2) is 41.5 Å². The first-order chi connectivity index (χ1) is 21.4. The second-order valence-corrected chi connectivity index (χ2v) is 13.8. The van der Waals surface area contributed by atoms with Gasteiger partial charge in [0.05, 0.1) is 24.8 Å². The van der Waals surface area contributed by atoms with Crippen molar-refractivity contribution >= 4 is 44.8 Å². The summed E-state index contributed by atoms with van der Waals surface area (Å²) in [5.41, 5.74) is -0.299. The van der Waals surface area contributed by atoms with Crippen molar-refractivity contribution in [2.24, 2.45) is 11.3 Å². The van der Waals surface area contributed by atoms with Gasteiger partial charge in [-0.1, -0.05) is 39.2 Å². The summed E-state index contributed by atoms with van der Waals surface area (Å²) in [5, 5.41) is 4.55. The minimum absolute atomic E-state index is 0.0561. The summed E-state index contributed by atoms with van der Waals surface area (Å²) in [7, 11) is 1.60. The van der Waals surface area contributed by atoms with Crippen LogP contribution >= 0.6 is 15.9 Å². The van der Waals surface area contributed by atoms with E-state index in [0.29, 0.717) is 24.5 Å². The molecule has 10 nitrogen and oxygen atoms in total. The van der Waals surface area contributed by atoms with Crippen LogP contribution in [-0.2, 0) is 14.3 Å². The summed E-state index contributed by atoms with van der Waals surface area (Å²) < 4.78 is 23.2. The number of carbonyl (C=O) groups is 3. The molecule has 1 unspecified atom stereocenters. The number of amides is 3. The van der Waals surface area contributed by atoms with Gasteiger partial charge in [0.15, 0.2) is 12.1 Å². The zero-order valence-corrected chi connectivity index (χ0v) is 28.7. The van der Waals surface area contributed by atoms with Crippen LogP contribution in [0.4, 0.5) is 9.59 Å². The van der Waals surface area contributed by atoms with E-state index in [1.165, 1.54) is 0 Å². The number of imide groups is 1. The Balaban J connectivity index is 1.64. The van der Waals surface area contributed by atoms with Crippen molar-refractivity contribution in [3.05, 3.63) is 41.5 Å². The van der Waals surface area contributed by atoms with Gasteiger partial charge in [-0.2, -0.15) is 9.28 Å². The third-order valence-corrected chi connectivity index (χ3v) is 9.68. The quantitative estimate of drug-likeness (QED) is 0.193. The molecule has 4 rings (SSSR count). The molecule has 0 radical (unpaired) electrons. The van der Waals surface area contributed by atoms with E-state index in [-0.39, 0.29) is 37.0 Å². The molecule has 1 aliphatic heterocycles. The fourth-order valence-corrected chi connectivity index (χ4v) is 7.15. The summed E-state index contributed by atoms with van der Waals surface area (Å²) in [6.07, 6.45) is 7.24. The summed E-state index contributed by atoms with van der Waals surface area (Å²) in [4.78, 5) is 46.3. The van der Waals surface area contributed by atoms with Crippen LogP contribution in [0.25, 0.3) is 10.8 Å². The average molecular weight is 690 g/mol. The highest BCUT2D eigenvalue weighted by atomic mass is 79.9. The zero-order valence-electron chi connectivity index (χ0n) is 27.1. The van der Waals surface area contributed by atoms with Crippen molar-refractivity contribution in [1.29, 1.82) is 0 Å². The van der Waals surface area contributed by atoms with Crippen LogP contribution < -0.4 is 14.8 Å². The summed E-state index contributed by atoms with van der Waals surface area (Å²) in [6.45, 7) is 11.7. The normalized spacial score (nSPS) is 22.8. The number of rotatable bonds is 11. The van der Waals surface area contributed by atoms with Crippen LogP contribution in [0.5, 0.6) is 11.6 Å². The van der Waals surface area contributed by atoms with Crippen molar-refractivity contribution in [3.63, 3.8) is 0 Å². The topological polar surface area (TPSA) is 113 Å². The van der Waals surface area contributed by atoms with Crippen molar-refractivity contribution in [1.82, 2.24) is 10.3 Å². The Labute approximate surface area is 274 Å². The lowest BCUT2D eigenvalue weighted by Gasteiger charge is -2.37. The van der Waals surface area contributed by atoms with Crippen LogP contribution in [0.3, 0.4) is 0 Å². The van der Waals surface area contributed by atoms with Gasteiger partial charge >= 0.3 is 18.1 Å². The molecular formula is C34H47BrN3O7+. The highest BCUT2D eigenvalue weighted by Gasteiger charge is 2.61. The summed E-state index contributed by atoms with van der Waals surface area (Å²) in [6, 6.07) is 4.28. The van der Waals surface area contributed by atoms with E-state index < -0.39 is 34.9 Å². The van der Waals surface area contributed by atoms with Gasteiger partial charge < -0.3 is 24.3 Å². The standard InChI is InChI=1S/C34H46BrN3O7/c1-7-15-34(4,5)21-44-32(40)37-29(23-12-10-9-11-13-23)31(39)38(33(41)43-8-2)20-25(17-22(38)3)45-30-26-19-27(35)28(42-6)18-24(26)14-16-36-30/h7,14,16,18-19,22-23,25,29H,1,8-13,15,17,20-21H2,2-6H3/p+1/t22-,25-,29+,38?/m1/s1. The Bertz CT molecular complexity index is 1390. The largest absolute Gasteiger partial charge is 0.524 e. The predicted octanol–water partition coefficient (Wildman–Crippen LogP) is 7.32. The number of benzene rings is 1. The molecule has 1 N–H and O–H groups in total. The average Bonchev–Trinajstić information content (AvgIpc) is 3.35. The number of quaternary nitrogens is 1. The Morgan fingerprint density at radius 3 is 2.60 bits per heavy atom. The molecule has 45 heavy (non-hydrogen) atoms. The molecule has 1 saturated heterocycles. The van der Waals surface area contributed by atoms with Gasteiger partial charge in [-0.3, -0.25) is 0 Å². The number of halogens is 1. The second-order valence-electron chi connectivity index (χ2n) is 13.0. The fourth-order valence-electron chi connectivity index (χ4n) is 6.64. The smallest absolute Gasteiger partial charge is 0.496 e. The Hall–Kier alpha value is -3.18. The number of pyridine rings is 1. The number of methoxy groups -OCH3 is 1. The first kappa shape index (κ1) is 34.7. The lowest BCUT2D eigenvalue weighted by atomic mass is 9.83. The minimum Gasteiger partial charge on any atom is -0.496 e. The number of likely N-dealkylation sites (tertiary alicyclic amines) is 1. The molecule has 1 aliphatic carbocycles. The molecule has 2 fully saturated rings. The molecule has 2 aliphatic rings. The van der Waals surface area contributed by atoms with E-state index in [1.54, 1.807) is 26.3 Å². The molecule has 3 amide bonds. The molecule has 11 heteroatoms. The maximum Gasteiger partial charge on any atom is 0.524 e. The highest BCUT2D eigenvalue weighted by molar-refractivity contribution is 9.10. The number of ether oxygens (including phenoxy) is 4. The summed E-state index contributed by atoms with van der Waals surface area (Å²) >= 11 is 3.54. The lowest BCUT2D eigenvalue weighted by molar-refractivity contribution is -0.795. The van der Waals surface area contributed by atoms with E-state index in [2.05, 4.69) is 32.8 Å². The van der Waals surface area contributed by atoms with Crippen molar-refractivity contribution < 1.29 is 37.8 Å². The Morgan fingerprint density at radius 1 is 1.20 bits per heavy atom. The molecule has 4 atom stereocenters. The number of aromatic nitrogens is 1. The summed E-state index contributed by atoms with van der Waals surface area (Å²) in [5.74, 6) is 0.571. The van der Waals surface area contributed by atoms with Crippen LogP contribution in [0.2, 0.25) is 0 Å². The number of nitrogens with one attached hydrogen (secondary N) is 1. The number of nitrogens with zero attached hydrogens (tertiary/aromatic N) is 2. The fraction of sp³-hybridized carbons (Fsp3) is 0.588. The first-order valence-electron chi connectivity index (χ1n) is 15.9. The number of hydrogen-bond donors (Lipinski definition) is 1. The molecule has 2 heterocycles. The molecule has 246 valence electrons. The van der Waals surface area contributed by atoms with Gasteiger partial charge in [0.2, 0.25) is 5.88 Å². The van der Waals surface area contributed by atoms with Gasteiger partial charge in [0, 0.05) is 23.4 Å². The third-order valence-electron chi connectivity index (χ3n) is 9.07. The van der Waals surface area contributed by atoms with Gasteiger partial charge in [0.25, 0.3) is 0 Å². The zero-order chi connectivity index (χ0) is 32.8. The number of allylic oxidation sites excluding steroid dienone is 1. The van der Waals surface area contributed by atoms with Gasteiger partial charge in [-0.05, 0) is 78.5 Å². The van der Waals surface area contributed by atoms with E-state index >= 15 is 0 Å². The third kappa shape index (κ3) is 7.80. The number of fused-ring (bicyclic) bond motifs is 1. The maximum absolute atomic E-state index is 14.8. The van der Waals surface area contributed by atoms with E-state index in [9.17, 15) is 14.4 Å². The molecule has 2 aromatic rings. The predicted molar refractivity (Wildman–Crippen MR) is 175 cm³/mol. The lowest BCUT2D eigenvalue weighted by Crippen LogP contribution is -2.67. The Kier molecular flexibility index (Phi) is 11.5. The van der Waals surface area contributed by atoms with Crippen molar-refractivity contribution in [2.75, 3.05) is 26.9 Å². The minimum atomic E-state index is -0.912. The molecule has 1 saturated carbocycles. The van der Waals surface area contributed by atoms with Crippen molar-refractivity contribution in [3.8, 4) is 11.6 Å². The highest BCUT2D eigenvalue weighted by Crippen LogP contribution is 2.38. The molecule has 1 aromatic heterocycles. The van der Waals surface area contributed by atoms with E-state index in [0.717, 1.165) is 47.3 Å². The van der Waals surface area contributed by atoms with Crippen molar-refractivity contribution in [2.45, 2.75) is 90.8 Å². The van der Waals surface area contributed by atoms with E-state index in [4.69, 9.17) is 18.9 Å². The SMILES string of the molecule is C=CCC(C)(C)COC(=O)N[C@H](C(=O)[N+]1(C(=O)OCC)C[C@H](Oc2nccc3cc(OC)c(Br)cc23)C[C@H]1C)C1CCCCC1. The first-order valence-corrected chi connectivity index (χ1v) is 16.7. The molecular weight excluding hydrogens is 642 g/mol. The number of hydrogen-bond acceptors (Lipinski definition) is 8. The monoisotopic (exact) mass is 688 g/mol. The van der Waals surface area contributed by atoms with Crippen LogP contribution in [0, 0.1) is 11.3 Å². The van der Waals surface area contributed by atoms with Crippen LogP contribution in [-0.4, -0.2) is 72.6 Å². The molecule has 0 bridgehead atoms. The van der Waals surface area contributed by atoms with E-state index in [1.807, 2.05) is 39.0 Å². The maximum atomic E-state index is 14.8.